The van der Waals surface area contributed by atoms with Crippen molar-refractivity contribution in [1.29, 1.82) is 0 Å². The van der Waals surface area contributed by atoms with Crippen LogP contribution in [0.2, 0.25) is 5.15 Å². The second-order valence-electron chi connectivity index (χ2n) is 4.20. The third-order valence-electron chi connectivity index (χ3n) is 2.53. The van der Waals surface area contributed by atoms with Gasteiger partial charge in [-0.3, -0.25) is 0 Å². The van der Waals surface area contributed by atoms with Gasteiger partial charge in [-0.1, -0.05) is 23.7 Å². The maximum Gasteiger partial charge on any atom is 0.416 e. The molecule has 0 atom stereocenters. The highest BCUT2D eigenvalue weighted by Crippen LogP contribution is 2.33. The van der Waals surface area contributed by atoms with E-state index in [1.165, 1.54) is 0 Å². The van der Waals surface area contributed by atoms with E-state index < -0.39 is 11.7 Å². The molecule has 1 heterocycles. The molecule has 112 valence electrons. The molecular weight excluding hydrogens is 307 g/mol. The van der Waals surface area contributed by atoms with Crippen molar-refractivity contribution in [3.63, 3.8) is 0 Å². The third kappa shape index (κ3) is 4.34. The van der Waals surface area contributed by atoms with E-state index in [0.717, 1.165) is 17.7 Å². The molecule has 0 aliphatic rings. The molecule has 0 unspecified atom stereocenters. The predicted octanol–water partition coefficient (Wildman–Crippen LogP) is 4.69. The van der Waals surface area contributed by atoms with Crippen LogP contribution in [0.5, 0.6) is 11.6 Å². The van der Waals surface area contributed by atoms with Gasteiger partial charge in [0.25, 0.3) is 0 Å². The molecular formula is C14H11ClF3NO2. The van der Waals surface area contributed by atoms with Gasteiger partial charge in [0, 0.05) is 13.2 Å². The molecule has 1 aromatic heterocycles. The van der Waals surface area contributed by atoms with Crippen molar-refractivity contribution < 1.29 is 22.6 Å². The molecule has 2 rings (SSSR count). The molecule has 1 aromatic carbocycles. The molecule has 0 bridgehead atoms. The summed E-state index contributed by atoms with van der Waals surface area (Å²) in [5.74, 6) is 0.136. The van der Waals surface area contributed by atoms with Gasteiger partial charge in [0.2, 0.25) is 5.88 Å². The van der Waals surface area contributed by atoms with E-state index in [-0.39, 0.29) is 11.0 Å². The van der Waals surface area contributed by atoms with Gasteiger partial charge in [-0.2, -0.15) is 13.2 Å². The zero-order valence-corrected chi connectivity index (χ0v) is 11.7. The van der Waals surface area contributed by atoms with E-state index in [9.17, 15) is 13.2 Å². The number of aromatic nitrogens is 1. The molecule has 0 aliphatic carbocycles. The molecule has 0 aliphatic heterocycles. The van der Waals surface area contributed by atoms with Gasteiger partial charge in [-0.25, -0.2) is 4.98 Å². The Labute approximate surface area is 124 Å². The summed E-state index contributed by atoms with van der Waals surface area (Å²) in [6, 6.07) is 8.32. The minimum atomic E-state index is -4.51. The van der Waals surface area contributed by atoms with E-state index in [2.05, 4.69) is 4.98 Å². The van der Waals surface area contributed by atoms with E-state index >= 15 is 0 Å². The average Bonchev–Trinajstić information content (AvgIpc) is 2.38. The number of pyridine rings is 1. The molecule has 0 fully saturated rings. The molecule has 2 aromatic rings. The number of benzene rings is 1. The second kappa shape index (κ2) is 6.32. The van der Waals surface area contributed by atoms with Gasteiger partial charge in [0.15, 0.2) is 0 Å². The molecule has 0 N–H and O–H groups in total. The molecule has 21 heavy (non-hydrogen) atoms. The Morgan fingerprint density at radius 1 is 1.19 bits per heavy atom. The van der Waals surface area contributed by atoms with Crippen molar-refractivity contribution in [2.45, 2.75) is 12.8 Å². The SMILES string of the molecule is COCc1cccc(Oc2cc(C(F)(F)F)cc(Cl)n2)c1. The van der Waals surface area contributed by atoms with Crippen LogP contribution in [0.1, 0.15) is 11.1 Å². The minimum Gasteiger partial charge on any atom is -0.439 e. The fraction of sp³-hybridized carbons (Fsp3) is 0.214. The summed E-state index contributed by atoms with van der Waals surface area (Å²) in [5, 5.41) is -0.284. The molecule has 0 saturated carbocycles. The van der Waals surface area contributed by atoms with Crippen LogP contribution in [-0.2, 0) is 17.5 Å². The molecule has 0 spiro atoms. The normalized spacial score (nSPS) is 11.5. The number of nitrogens with zero attached hydrogens (tertiary/aromatic N) is 1. The number of hydrogen-bond donors (Lipinski definition) is 0. The van der Waals surface area contributed by atoms with Crippen LogP contribution >= 0.6 is 11.6 Å². The topological polar surface area (TPSA) is 31.4 Å². The first-order valence-electron chi connectivity index (χ1n) is 5.89. The second-order valence-corrected chi connectivity index (χ2v) is 4.58. The third-order valence-corrected chi connectivity index (χ3v) is 2.72. The lowest BCUT2D eigenvalue weighted by Crippen LogP contribution is -2.05. The minimum absolute atomic E-state index is 0.218. The first-order valence-corrected chi connectivity index (χ1v) is 6.27. The average molecular weight is 318 g/mol. The van der Waals surface area contributed by atoms with Gasteiger partial charge < -0.3 is 9.47 Å². The van der Waals surface area contributed by atoms with Crippen molar-refractivity contribution in [3.8, 4) is 11.6 Å². The highest BCUT2D eigenvalue weighted by Gasteiger charge is 2.31. The summed E-state index contributed by atoms with van der Waals surface area (Å²) >= 11 is 5.59. The number of ether oxygens (including phenoxy) is 2. The highest BCUT2D eigenvalue weighted by molar-refractivity contribution is 6.29. The van der Waals surface area contributed by atoms with Crippen LogP contribution < -0.4 is 4.74 Å². The fourth-order valence-corrected chi connectivity index (χ4v) is 1.88. The monoisotopic (exact) mass is 317 g/mol. The Bertz CT molecular complexity index is 632. The largest absolute Gasteiger partial charge is 0.439 e. The van der Waals surface area contributed by atoms with Crippen LogP contribution in [0.4, 0.5) is 13.2 Å². The first-order chi connectivity index (χ1) is 9.88. The smallest absolute Gasteiger partial charge is 0.416 e. The van der Waals surface area contributed by atoms with E-state index in [1.807, 2.05) is 6.07 Å². The Morgan fingerprint density at radius 2 is 1.95 bits per heavy atom. The Kier molecular flexibility index (Phi) is 4.69. The number of halogens is 4. The first kappa shape index (κ1) is 15.6. The van der Waals surface area contributed by atoms with Gasteiger partial charge >= 0.3 is 6.18 Å². The molecule has 0 saturated heterocycles. The molecule has 0 radical (unpaired) electrons. The van der Waals surface area contributed by atoms with Gasteiger partial charge in [-0.15, -0.1) is 0 Å². The quantitative estimate of drug-likeness (QED) is 0.766. The van der Waals surface area contributed by atoms with E-state index in [0.29, 0.717) is 12.4 Å². The lowest BCUT2D eigenvalue weighted by atomic mass is 10.2. The summed E-state index contributed by atoms with van der Waals surface area (Å²) in [4.78, 5) is 3.73. The highest BCUT2D eigenvalue weighted by atomic mass is 35.5. The molecule has 7 heteroatoms. The summed E-state index contributed by atoms with van der Waals surface area (Å²) < 4.78 is 48.4. The van der Waals surface area contributed by atoms with Crippen molar-refractivity contribution in [2.24, 2.45) is 0 Å². The number of hydrogen-bond acceptors (Lipinski definition) is 3. The van der Waals surface area contributed by atoms with E-state index in [1.54, 1.807) is 25.3 Å². The Balaban J connectivity index is 2.27. The van der Waals surface area contributed by atoms with Gasteiger partial charge in [0.05, 0.1) is 12.2 Å². The lowest BCUT2D eigenvalue weighted by Gasteiger charge is -2.10. The number of methoxy groups -OCH3 is 1. The Morgan fingerprint density at radius 3 is 2.62 bits per heavy atom. The summed E-state index contributed by atoms with van der Waals surface area (Å²) in [5.41, 5.74) is -0.0846. The van der Waals surface area contributed by atoms with E-state index in [4.69, 9.17) is 21.1 Å². The van der Waals surface area contributed by atoms with Crippen LogP contribution in [0.3, 0.4) is 0 Å². The Hall–Kier alpha value is -1.79. The standard InChI is InChI=1S/C14H11ClF3NO2/c1-20-8-9-3-2-4-11(5-9)21-13-7-10(14(16,17)18)6-12(15)19-13/h2-7H,8H2,1H3. The summed E-state index contributed by atoms with van der Waals surface area (Å²) in [6.07, 6.45) is -4.51. The summed E-state index contributed by atoms with van der Waals surface area (Å²) in [6.45, 7) is 0.369. The molecule has 0 amide bonds. The number of alkyl halides is 3. The van der Waals surface area contributed by atoms with Crippen LogP contribution in [-0.4, -0.2) is 12.1 Å². The summed E-state index contributed by atoms with van der Waals surface area (Å²) in [7, 11) is 1.54. The zero-order chi connectivity index (χ0) is 15.5. The lowest BCUT2D eigenvalue weighted by molar-refractivity contribution is -0.137. The van der Waals surface area contributed by atoms with Gasteiger partial charge in [0.1, 0.15) is 10.9 Å². The predicted molar refractivity (Wildman–Crippen MR) is 71.5 cm³/mol. The number of rotatable bonds is 4. The molecule has 3 nitrogen and oxygen atoms in total. The van der Waals surface area contributed by atoms with Crippen molar-refractivity contribution >= 4 is 11.6 Å². The van der Waals surface area contributed by atoms with Crippen molar-refractivity contribution in [1.82, 2.24) is 4.98 Å². The van der Waals surface area contributed by atoms with Crippen LogP contribution in [0.15, 0.2) is 36.4 Å². The van der Waals surface area contributed by atoms with Crippen molar-refractivity contribution in [3.05, 3.63) is 52.7 Å². The maximum absolute atomic E-state index is 12.7. The van der Waals surface area contributed by atoms with Crippen LogP contribution in [0, 0.1) is 0 Å². The van der Waals surface area contributed by atoms with Crippen molar-refractivity contribution in [2.75, 3.05) is 7.11 Å². The fourth-order valence-electron chi connectivity index (χ4n) is 1.67. The van der Waals surface area contributed by atoms with Crippen LogP contribution in [0.25, 0.3) is 0 Å². The zero-order valence-electron chi connectivity index (χ0n) is 10.9. The van der Waals surface area contributed by atoms with Gasteiger partial charge in [-0.05, 0) is 23.8 Å². The maximum atomic E-state index is 12.7.